The van der Waals surface area contributed by atoms with Crippen molar-refractivity contribution in [2.75, 3.05) is 32.7 Å². The quantitative estimate of drug-likeness (QED) is 0.704. The zero-order chi connectivity index (χ0) is 21.5. The van der Waals surface area contributed by atoms with Gasteiger partial charge in [-0.25, -0.2) is 4.98 Å². The number of hydrogen-bond acceptors (Lipinski definition) is 6. The summed E-state index contributed by atoms with van der Waals surface area (Å²) < 4.78 is 2.20. The predicted octanol–water partition coefficient (Wildman–Crippen LogP) is 1.89. The van der Waals surface area contributed by atoms with E-state index in [1.807, 2.05) is 41.0 Å². The fourth-order valence-corrected chi connectivity index (χ4v) is 3.70. The molecule has 3 heterocycles. The lowest BCUT2D eigenvalue weighted by Gasteiger charge is -2.22. The molecule has 1 amide bonds. The summed E-state index contributed by atoms with van der Waals surface area (Å²) in [6.45, 7) is 7.39. The Morgan fingerprint density at radius 1 is 1.17 bits per heavy atom. The van der Waals surface area contributed by atoms with Crippen LogP contribution in [0.15, 0.2) is 29.2 Å². The number of nitrogens with zero attached hydrogens (tertiary/aromatic N) is 4. The normalized spacial score (nSPS) is 13.9. The molecule has 0 aromatic carbocycles. The first-order valence-corrected chi connectivity index (χ1v) is 10.2. The summed E-state index contributed by atoms with van der Waals surface area (Å²) >= 11 is 1.58. The van der Waals surface area contributed by atoms with E-state index in [0.717, 1.165) is 63.5 Å². The Balaban J connectivity index is 0.000000626. The third-order valence-electron chi connectivity index (χ3n) is 4.44. The van der Waals surface area contributed by atoms with Crippen LogP contribution >= 0.6 is 11.3 Å². The maximum atomic E-state index is 12.4. The Hall–Kier alpha value is -2.72. The maximum Gasteiger partial charge on any atom is 0.290 e. The molecule has 0 unspecified atom stereocenters. The third-order valence-corrected chi connectivity index (χ3v) is 5.12. The molecule has 1 aliphatic rings. The van der Waals surface area contributed by atoms with E-state index in [4.69, 9.17) is 19.8 Å². The van der Waals surface area contributed by atoms with E-state index >= 15 is 0 Å². The first-order chi connectivity index (χ1) is 14.1. The van der Waals surface area contributed by atoms with Gasteiger partial charge in [0.1, 0.15) is 5.82 Å². The van der Waals surface area contributed by atoms with Gasteiger partial charge in [0.25, 0.3) is 18.9 Å². The van der Waals surface area contributed by atoms with Gasteiger partial charge in [-0.3, -0.25) is 14.4 Å². The zero-order valence-corrected chi connectivity index (χ0v) is 17.3. The number of carboxylic acid groups (broad SMARTS) is 2. The molecule has 9 nitrogen and oxygen atoms in total. The molecular weight excluding hydrogens is 396 g/mol. The second-order valence-corrected chi connectivity index (χ2v) is 7.01. The molecule has 0 atom stereocenters. The number of thiophene rings is 1. The van der Waals surface area contributed by atoms with Gasteiger partial charge in [-0.2, -0.15) is 11.3 Å². The minimum Gasteiger partial charge on any atom is -0.483 e. The van der Waals surface area contributed by atoms with Crippen molar-refractivity contribution in [1.82, 2.24) is 19.4 Å². The number of amides is 1. The molecule has 1 aliphatic heterocycles. The van der Waals surface area contributed by atoms with Crippen LogP contribution in [0.25, 0.3) is 0 Å². The molecule has 1 saturated heterocycles. The average molecular weight is 425 g/mol. The second kappa shape index (κ2) is 14.3. The van der Waals surface area contributed by atoms with Crippen molar-refractivity contribution in [3.8, 4) is 0 Å². The van der Waals surface area contributed by atoms with Gasteiger partial charge in [-0.1, -0.05) is 0 Å². The highest BCUT2D eigenvalue weighted by Gasteiger charge is 2.20. The number of aryl methyl sites for hydroxylation is 2. The minimum atomic E-state index is -0.250. The molecule has 0 bridgehead atoms. The Morgan fingerprint density at radius 2 is 1.90 bits per heavy atom. The van der Waals surface area contributed by atoms with Gasteiger partial charge in [0.15, 0.2) is 0 Å². The van der Waals surface area contributed by atoms with Gasteiger partial charge in [-0.05, 0) is 44.3 Å². The molecule has 1 fully saturated rings. The van der Waals surface area contributed by atoms with Crippen LogP contribution in [0.1, 0.15) is 29.0 Å². The lowest BCUT2D eigenvalue weighted by Crippen LogP contribution is -2.35. The smallest absolute Gasteiger partial charge is 0.290 e. The Bertz CT molecular complexity index is 714. The molecule has 29 heavy (non-hydrogen) atoms. The standard InChI is InChI=1S/C17H24N4OS.2CH2O2/c1-15-18-5-10-20(15)8-2-6-19-7-3-9-21(12-11-19)17(22)16-4-13-23-14-16;2*2-1-3/h4-5,10,13-14H,2-3,6-9,11-12H2,1H3;2*1H,(H,2,3). The average Bonchev–Trinajstić information content (AvgIpc) is 3.31. The molecule has 0 radical (unpaired) electrons. The zero-order valence-electron chi connectivity index (χ0n) is 16.5. The topological polar surface area (TPSA) is 116 Å². The highest BCUT2D eigenvalue weighted by Crippen LogP contribution is 2.12. The van der Waals surface area contributed by atoms with Crippen LogP contribution in [0.4, 0.5) is 0 Å². The van der Waals surface area contributed by atoms with E-state index < -0.39 is 0 Å². The van der Waals surface area contributed by atoms with E-state index in [-0.39, 0.29) is 18.9 Å². The molecule has 2 aromatic heterocycles. The number of rotatable bonds is 5. The largest absolute Gasteiger partial charge is 0.483 e. The maximum absolute atomic E-state index is 12.4. The summed E-state index contributed by atoms with van der Waals surface area (Å²) in [6, 6.07) is 1.92. The lowest BCUT2D eigenvalue weighted by atomic mass is 10.3. The molecule has 160 valence electrons. The fourth-order valence-electron chi connectivity index (χ4n) is 3.07. The van der Waals surface area contributed by atoms with Crippen LogP contribution in [0, 0.1) is 6.92 Å². The molecule has 0 saturated carbocycles. The first-order valence-electron chi connectivity index (χ1n) is 9.24. The molecule has 2 aromatic rings. The number of aromatic nitrogens is 2. The summed E-state index contributed by atoms with van der Waals surface area (Å²) in [7, 11) is 0. The van der Waals surface area contributed by atoms with Gasteiger partial charge in [-0.15, -0.1) is 0 Å². The van der Waals surface area contributed by atoms with Crippen LogP contribution < -0.4 is 0 Å². The van der Waals surface area contributed by atoms with Crippen molar-refractivity contribution < 1.29 is 24.6 Å². The molecule has 3 rings (SSSR count). The van der Waals surface area contributed by atoms with Gasteiger partial charge in [0, 0.05) is 44.0 Å². The van der Waals surface area contributed by atoms with Crippen molar-refractivity contribution in [2.45, 2.75) is 26.3 Å². The van der Waals surface area contributed by atoms with Crippen LogP contribution in [0.3, 0.4) is 0 Å². The second-order valence-electron chi connectivity index (χ2n) is 6.23. The Labute approximate surface area is 174 Å². The summed E-state index contributed by atoms with van der Waals surface area (Å²) in [5.74, 6) is 1.26. The minimum absolute atomic E-state index is 0.183. The van der Waals surface area contributed by atoms with Gasteiger partial charge in [0.05, 0.1) is 5.56 Å². The number of carbonyl (C=O) groups is 3. The predicted molar refractivity (Wildman–Crippen MR) is 110 cm³/mol. The van der Waals surface area contributed by atoms with E-state index in [9.17, 15) is 4.79 Å². The molecule has 10 heteroatoms. The van der Waals surface area contributed by atoms with Crippen molar-refractivity contribution in [3.05, 3.63) is 40.6 Å². The molecule has 0 spiro atoms. The van der Waals surface area contributed by atoms with E-state index in [2.05, 4.69) is 14.5 Å². The molecule has 0 aliphatic carbocycles. The lowest BCUT2D eigenvalue weighted by molar-refractivity contribution is -0.123. The fraction of sp³-hybridized carbons (Fsp3) is 0.474. The van der Waals surface area contributed by atoms with Crippen molar-refractivity contribution in [2.24, 2.45) is 0 Å². The van der Waals surface area contributed by atoms with Crippen LogP contribution in [-0.4, -0.2) is 81.1 Å². The van der Waals surface area contributed by atoms with Gasteiger partial charge < -0.3 is 24.6 Å². The third kappa shape index (κ3) is 8.88. The van der Waals surface area contributed by atoms with Crippen molar-refractivity contribution in [3.63, 3.8) is 0 Å². The highest BCUT2D eigenvalue weighted by atomic mass is 32.1. The summed E-state index contributed by atoms with van der Waals surface area (Å²) in [5.41, 5.74) is 0.832. The summed E-state index contributed by atoms with van der Waals surface area (Å²) in [4.78, 5) is 37.9. The Kier molecular flexibility index (Phi) is 12.0. The first kappa shape index (κ1) is 24.3. The van der Waals surface area contributed by atoms with Crippen molar-refractivity contribution in [1.29, 1.82) is 0 Å². The molecule has 2 N–H and O–H groups in total. The van der Waals surface area contributed by atoms with Crippen LogP contribution in [0.5, 0.6) is 0 Å². The van der Waals surface area contributed by atoms with Gasteiger partial charge >= 0.3 is 0 Å². The van der Waals surface area contributed by atoms with E-state index in [0.29, 0.717) is 0 Å². The summed E-state index contributed by atoms with van der Waals surface area (Å²) in [5, 5.41) is 17.7. The van der Waals surface area contributed by atoms with E-state index in [1.165, 1.54) is 0 Å². The molecular formula is C19H28N4O5S. The van der Waals surface area contributed by atoms with Crippen LogP contribution in [0.2, 0.25) is 0 Å². The monoisotopic (exact) mass is 424 g/mol. The van der Waals surface area contributed by atoms with Crippen molar-refractivity contribution >= 4 is 30.2 Å². The number of hydrogen-bond donors (Lipinski definition) is 2. The van der Waals surface area contributed by atoms with Gasteiger partial charge in [0.2, 0.25) is 0 Å². The SMILES string of the molecule is Cc1nccn1CCCN1CCCN(C(=O)c2ccsc2)CC1.O=CO.O=CO. The van der Waals surface area contributed by atoms with E-state index in [1.54, 1.807) is 11.3 Å². The van der Waals surface area contributed by atoms with Crippen LogP contribution in [-0.2, 0) is 16.1 Å². The Morgan fingerprint density at radius 3 is 2.48 bits per heavy atom. The number of carbonyl (C=O) groups excluding carboxylic acids is 1. The highest BCUT2D eigenvalue weighted by molar-refractivity contribution is 7.08. The summed E-state index contributed by atoms with van der Waals surface area (Å²) in [6.07, 6.45) is 6.07. The number of imidazole rings is 1.